The van der Waals surface area contributed by atoms with Crippen LogP contribution < -0.4 is 10.1 Å². The van der Waals surface area contributed by atoms with Crippen molar-refractivity contribution in [3.63, 3.8) is 0 Å². The molecule has 3 heteroatoms. The number of hydrogen-bond acceptors (Lipinski definition) is 3. The number of nitrogens with one attached hydrogen (secondary N) is 1. The molecule has 1 fully saturated rings. The van der Waals surface area contributed by atoms with Crippen molar-refractivity contribution in [2.24, 2.45) is 0 Å². The van der Waals surface area contributed by atoms with Gasteiger partial charge in [0.2, 0.25) is 0 Å². The van der Waals surface area contributed by atoms with Gasteiger partial charge in [-0.15, -0.1) is 0 Å². The molecule has 0 saturated heterocycles. The van der Waals surface area contributed by atoms with E-state index >= 15 is 0 Å². The molecule has 0 aliphatic heterocycles. The number of ether oxygens (including phenoxy) is 1. The van der Waals surface area contributed by atoms with Gasteiger partial charge in [0, 0.05) is 6.42 Å². The number of nitriles is 1. The van der Waals surface area contributed by atoms with Gasteiger partial charge in [-0.2, -0.15) is 5.26 Å². The molecule has 0 heterocycles. The van der Waals surface area contributed by atoms with Crippen molar-refractivity contribution < 1.29 is 4.74 Å². The van der Waals surface area contributed by atoms with Gasteiger partial charge in [-0.3, -0.25) is 5.32 Å². The Kier molecular flexibility index (Phi) is 4.90. The minimum Gasteiger partial charge on any atom is -0.490 e. The fourth-order valence-corrected chi connectivity index (χ4v) is 3.07. The molecule has 1 aliphatic carbocycles. The van der Waals surface area contributed by atoms with Crippen molar-refractivity contribution >= 4 is 0 Å². The Hall–Kier alpha value is -1.53. The van der Waals surface area contributed by atoms with E-state index in [-0.39, 0.29) is 6.10 Å². The fourth-order valence-electron chi connectivity index (χ4n) is 3.07. The molecule has 21 heavy (non-hydrogen) atoms. The SMILES string of the molecule is CCCNC1(C#N)CCC(Oc2cc(C)cc(C)c2C)C1. The Bertz CT molecular complexity index is 547. The summed E-state index contributed by atoms with van der Waals surface area (Å²) in [5, 5.41) is 12.9. The molecule has 2 rings (SSSR count). The maximum atomic E-state index is 9.50. The van der Waals surface area contributed by atoms with Crippen LogP contribution in [0.15, 0.2) is 12.1 Å². The lowest BCUT2D eigenvalue weighted by molar-refractivity contribution is 0.199. The van der Waals surface area contributed by atoms with Crippen molar-refractivity contribution in [1.29, 1.82) is 5.26 Å². The Morgan fingerprint density at radius 1 is 1.38 bits per heavy atom. The Morgan fingerprint density at radius 2 is 2.14 bits per heavy atom. The second-order valence-electron chi connectivity index (χ2n) is 6.31. The molecule has 3 nitrogen and oxygen atoms in total. The van der Waals surface area contributed by atoms with E-state index in [1.165, 1.54) is 16.7 Å². The number of benzene rings is 1. The van der Waals surface area contributed by atoms with Crippen molar-refractivity contribution in [1.82, 2.24) is 5.32 Å². The van der Waals surface area contributed by atoms with Gasteiger partial charge in [-0.25, -0.2) is 0 Å². The van der Waals surface area contributed by atoms with Crippen molar-refractivity contribution in [3.05, 3.63) is 28.8 Å². The fraction of sp³-hybridized carbons (Fsp3) is 0.611. The van der Waals surface area contributed by atoms with E-state index in [0.29, 0.717) is 0 Å². The minimum atomic E-state index is -0.395. The van der Waals surface area contributed by atoms with Crippen LogP contribution in [0.4, 0.5) is 0 Å². The van der Waals surface area contributed by atoms with Crippen LogP contribution in [0, 0.1) is 32.1 Å². The number of aryl methyl sites for hydroxylation is 2. The molecular weight excluding hydrogens is 260 g/mol. The standard InChI is InChI=1S/C18H26N2O/c1-5-8-20-18(12-19)7-6-16(11-18)21-17-10-13(2)9-14(3)15(17)4/h9-10,16,20H,5-8,11H2,1-4H3. The lowest BCUT2D eigenvalue weighted by atomic mass is 9.99. The Morgan fingerprint density at radius 3 is 2.81 bits per heavy atom. The average molecular weight is 286 g/mol. The van der Waals surface area contributed by atoms with Crippen molar-refractivity contribution in [2.75, 3.05) is 6.54 Å². The molecule has 1 aliphatic rings. The quantitative estimate of drug-likeness (QED) is 0.895. The summed E-state index contributed by atoms with van der Waals surface area (Å²) >= 11 is 0. The molecule has 0 amide bonds. The van der Waals surface area contributed by atoms with Gasteiger partial charge in [-0.05, 0) is 69.3 Å². The molecule has 1 aromatic carbocycles. The molecule has 1 N–H and O–H groups in total. The second-order valence-corrected chi connectivity index (χ2v) is 6.31. The van der Waals surface area contributed by atoms with Gasteiger partial charge < -0.3 is 4.74 Å². The third kappa shape index (κ3) is 3.57. The summed E-state index contributed by atoms with van der Waals surface area (Å²) in [6, 6.07) is 6.76. The highest BCUT2D eigenvalue weighted by Crippen LogP contribution is 2.34. The van der Waals surface area contributed by atoms with E-state index in [4.69, 9.17) is 4.74 Å². The lowest BCUT2D eigenvalue weighted by Gasteiger charge is -2.23. The average Bonchev–Trinajstić information content (AvgIpc) is 2.86. The third-order valence-corrected chi connectivity index (χ3v) is 4.45. The smallest absolute Gasteiger partial charge is 0.123 e. The van der Waals surface area contributed by atoms with E-state index in [1.54, 1.807) is 0 Å². The van der Waals surface area contributed by atoms with E-state index in [1.807, 2.05) is 0 Å². The highest BCUT2D eigenvalue weighted by Gasteiger charge is 2.40. The van der Waals surface area contributed by atoms with Crippen LogP contribution in [-0.4, -0.2) is 18.2 Å². The summed E-state index contributed by atoms with van der Waals surface area (Å²) in [4.78, 5) is 0. The molecule has 114 valence electrons. The van der Waals surface area contributed by atoms with Crippen molar-refractivity contribution in [2.45, 2.75) is 65.0 Å². The zero-order chi connectivity index (χ0) is 15.5. The maximum absolute atomic E-state index is 9.50. The lowest BCUT2D eigenvalue weighted by Crippen LogP contribution is -2.42. The summed E-state index contributed by atoms with van der Waals surface area (Å²) in [7, 11) is 0. The highest BCUT2D eigenvalue weighted by molar-refractivity contribution is 5.42. The van der Waals surface area contributed by atoms with Gasteiger partial charge in [-0.1, -0.05) is 13.0 Å². The predicted octanol–water partition coefficient (Wildman–Crippen LogP) is 3.81. The van der Waals surface area contributed by atoms with Gasteiger partial charge in [0.1, 0.15) is 17.4 Å². The number of nitrogens with zero attached hydrogens (tertiary/aromatic N) is 1. The van der Waals surface area contributed by atoms with E-state index in [2.05, 4.69) is 51.2 Å². The summed E-state index contributed by atoms with van der Waals surface area (Å²) < 4.78 is 6.21. The van der Waals surface area contributed by atoms with Crippen LogP contribution >= 0.6 is 0 Å². The van der Waals surface area contributed by atoms with Crippen LogP contribution in [0.2, 0.25) is 0 Å². The highest BCUT2D eigenvalue weighted by atomic mass is 16.5. The summed E-state index contributed by atoms with van der Waals surface area (Å²) in [6.45, 7) is 9.33. The molecule has 0 radical (unpaired) electrons. The van der Waals surface area contributed by atoms with Crippen LogP contribution in [0.5, 0.6) is 5.75 Å². The number of rotatable bonds is 5. The molecule has 0 spiro atoms. The molecule has 0 bridgehead atoms. The minimum absolute atomic E-state index is 0.133. The Labute approximate surface area is 128 Å². The zero-order valence-electron chi connectivity index (χ0n) is 13.6. The maximum Gasteiger partial charge on any atom is 0.123 e. The van der Waals surface area contributed by atoms with Gasteiger partial charge >= 0.3 is 0 Å². The predicted molar refractivity (Wildman–Crippen MR) is 85.6 cm³/mol. The zero-order valence-corrected chi connectivity index (χ0v) is 13.6. The second kappa shape index (κ2) is 6.49. The van der Waals surface area contributed by atoms with Gasteiger partial charge in [0.25, 0.3) is 0 Å². The van der Waals surface area contributed by atoms with E-state index < -0.39 is 5.54 Å². The first-order valence-electron chi connectivity index (χ1n) is 7.90. The first-order chi connectivity index (χ1) is 9.99. The molecule has 2 unspecified atom stereocenters. The normalized spacial score (nSPS) is 24.8. The van der Waals surface area contributed by atoms with Crippen LogP contribution in [0.1, 0.15) is 49.3 Å². The summed E-state index contributed by atoms with van der Waals surface area (Å²) in [5.41, 5.74) is 3.30. The Balaban J connectivity index is 2.08. The third-order valence-electron chi connectivity index (χ3n) is 4.45. The van der Waals surface area contributed by atoms with Crippen LogP contribution in [0.3, 0.4) is 0 Å². The number of hydrogen-bond donors (Lipinski definition) is 1. The molecule has 2 atom stereocenters. The van der Waals surface area contributed by atoms with Gasteiger partial charge in [0.05, 0.1) is 6.07 Å². The van der Waals surface area contributed by atoms with E-state index in [9.17, 15) is 5.26 Å². The van der Waals surface area contributed by atoms with Gasteiger partial charge in [0.15, 0.2) is 0 Å². The molecule has 1 saturated carbocycles. The topological polar surface area (TPSA) is 45.0 Å². The largest absolute Gasteiger partial charge is 0.490 e. The monoisotopic (exact) mass is 286 g/mol. The van der Waals surface area contributed by atoms with Crippen molar-refractivity contribution in [3.8, 4) is 11.8 Å². The summed E-state index contributed by atoms with van der Waals surface area (Å²) in [5.74, 6) is 0.974. The first kappa shape index (κ1) is 15.9. The molecule has 0 aromatic heterocycles. The molecular formula is C18H26N2O. The molecule has 1 aromatic rings. The van der Waals surface area contributed by atoms with Crippen LogP contribution in [-0.2, 0) is 0 Å². The summed E-state index contributed by atoms with van der Waals surface area (Å²) in [6.07, 6.45) is 3.77. The van der Waals surface area contributed by atoms with E-state index in [0.717, 1.165) is 38.0 Å². The first-order valence-corrected chi connectivity index (χ1v) is 7.90. The van der Waals surface area contributed by atoms with Crippen LogP contribution in [0.25, 0.3) is 0 Å².